The molecule has 0 saturated heterocycles. The third-order valence-corrected chi connectivity index (χ3v) is 4.71. The van der Waals surface area contributed by atoms with Gasteiger partial charge in [-0.1, -0.05) is 30.8 Å². The smallest absolute Gasteiger partial charge is 0.240 e. The van der Waals surface area contributed by atoms with Gasteiger partial charge in [-0.3, -0.25) is 4.90 Å². The highest BCUT2D eigenvalue weighted by Gasteiger charge is 2.24. The van der Waals surface area contributed by atoms with E-state index in [1.807, 2.05) is 0 Å². The lowest BCUT2D eigenvalue weighted by atomic mass is 10.0. The Morgan fingerprint density at radius 1 is 1.15 bits per heavy atom. The maximum Gasteiger partial charge on any atom is 0.240 e. The van der Waals surface area contributed by atoms with Gasteiger partial charge < -0.3 is 4.52 Å². The van der Waals surface area contributed by atoms with Crippen molar-refractivity contribution in [1.82, 2.24) is 15.0 Å². The normalized spacial score (nSPS) is 20.1. The summed E-state index contributed by atoms with van der Waals surface area (Å²) in [5.41, 5.74) is 0. The van der Waals surface area contributed by atoms with Gasteiger partial charge in [0.05, 0.1) is 6.54 Å². The molecule has 0 N–H and O–H groups in total. The molecule has 0 atom stereocenters. The number of hydrogen-bond donors (Lipinski definition) is 0. The van der Waals surface area contributed by atoms with Crippen LogP contribution in [0.4, 0.5) is 0 Å². The van der Waals surface area contributed by atoms with Crippen LogP contribution in [0.5, 0.6) is 0 Å². The van der Waals surface area contributed by atoms with E-state index in [1.165, 1.54) is 51.4 Å². The van der Waals surface area contributed by atoms with Gasteiger partial charge in [0.1, 0.15) is 0 Å². The molecule has 0 aromatic carbocycles. The molecule has 2 fully saturated rings. The molecule has 0 aliphatic heterocycles. The molecule has 20 heavy (non-hydrogen) atoms. The molecule has 0 bridgehead atoms. The molecule has 2 saturated carbocycles. The Bertz CT molecular complexity index is 408. The summed E-state index contributed by atoms with van der Waals surface area (Å²) in [6.07, 6.45) is 12.2. The number of rotatable bonds is 8. The van der Waals surface area contributed by atoms with Crippen molar-refractivity contribution in [3.05, 3.63) is 11.7 Å². The number of nitrogens with zero attached hydrogens (tertiary/aromatic N) is 3. The van der Waals surface area contributed by atoms with Crippen LogP contribution < -0.4 is 0 Å². The molecule has 3 rings (SSSR count). The van der Waals surface area contributed by atoms with Gasteiger partial charge in [0.15, 0.2) is 5.82 Å². The topological polar surface area (TPSA) is 42.2 Å². The van der Waals surface area contributed by atoms with Crippen LogP contribution in [0.3, 0.4) is 0 Å². The summed E-state index contributed by atoms with van der Waals surface area (Å²) >= 11 is 0. The Morgan fingerprint density at radius 2 is 1.95 bits per heavy atom. The van der Waals surface area contributed by atoms with E-state index in [2.05, 4.69) is 22.1 Å². The summed E-state index contributed by atoms with van der Waals surface area (Å²) in [5, 5.41) is 4.08. The zero-order valence-electron chi connectivity index (χ0n) is 12.7. The Labute approximate surface area is 121 Å². The largest absolute Gasteiger partial charge is 0.338 e. The second-order valence-corrected chi connectivity index (χ2v) is 6.78. The fraction of sp³-hybridized carbons (Fsp3) is 0.875. The van der Waals surface area contributed by atoms with Gasteiger partial charge in [0.25, 0.3) is 0 Å². The van der Waals surface area contributed by atoms with Crippen LogP contribution >= 0.6 is 0 Å². The highest BCUT2D eigenvalue weighted by atomic mass is 16.5. The molecule has 2 aliphatic carbocycles. The van der Waals surface area contributed by atoms with Gasteiger partial charge in [-0.05, 0) is 51.1 Å². The minimum atomic E-state index is 0.781. The first kappa shape index (κ1) is 14.1. The molecule has 1 aromatic heterocycles. The number of aromatic nitrogens is 2. The van der Waals surface area contributed by atoms with Crippen molar-refractivity contribution in [3.63, 3.8) is 0 Å². The lowest BCUT2D eigenvalue weighted by Crippen LogP contribution is -2.19. The molecular weight excluding hydrogens is 250 g/mol. The summed E-state index contributed by atoms with van der Waals surface area (Å²) in [7, 11) is 2.15. The summed E-state index contributed by atoms with van der Waals surface area (Å²) < 4.78 is 5.34. The Hall–Kier alpha value is -0.900. The summed E-state index contributed by atoms with van der Waals surface area (Å²) in [6.45, 7) is 1.93. The predicted octanol–water partition coefficient (Wildman–Crippen LogP) is 3.42. The van der Waals surface area contributed by atoms with Gasteiger partial charge in [0, 0.05) is 6.42 Å². The molecule has 4 nitrogen and oxygen atoms in total. The van der Waals surface area contributed by atoms with Crippen LogP contribution in [0, 0.1) is 11.8 Å². The van der Waals surface area contributed by atoms with E-state index in [1.54, 1.807) is 0 Å². The van der Waals surface area contributed by atoms with Crippen molar-refractivity contribution in [2.45, 2.75) is 64.3 Å². The zero-order chi connectivity index (χ0) is 13.8. The second-order valence-electron chi connectivity index (χ2n) is 6.78. The van der Waals surface area contributed by atoms with Gasteiger partial charge >= 0.3 is 0 Å². The molecule has 1 aromatic rings. The van der Waals surface area contributed by atoms with E-state index in [9.17, 15) is 0 Å². The third-order valence-electron chi connectivity index (χ3n) is 4.71. The van der Waals surface area contributed by atoms with Crippen molar-refractivity contribution >= 4 is 0 Å². The van der Waals surface area contributed by atoms with Crippen molar-refractivity contribution in [2.24, 2.45) is 11.8 Å². The zero-order valence-corrected chi connectivity index (χ0v) is 12.7. The van der Waals surface area contributed by atoms with Crippen molar-refractivity contribution in [3.8, 4) is 0 Å². The summed E-state index contributed by atoms with van der Waals surface area (Å²) in [6, 6.07) is 0. The standard InChI is InChI=1S/C16H27N3O/c1-19(10-4-7-13-5-2-3-6-13)12-16-17-15(18-20-16)11-14-8-9-14/h13-14H,2-12H2,1H3. The molecule has 2 aliphatic rings. The van der Waals surface area contributed by atoms with Crippen LogP contribution in [0.2, 0.25) is 0 Å². The van der Waals surface area contributed by atoms with Crippen molar-refractivity contribution in [2.75, 3.05) is 13.6 Å². The molecule has 0 amide bonds. The fourth-order valence-electron chi connectivity index (χ4n) is 3.28. The summed E-state index contributed by atoms with van der Waals surface area (Å²) in [5.74, 6) is 3.51. The predicted molar refractivity (Wildman–Crippen MR) is 78.3 cm³/mol. The van der Waals surface area contributed by atoms with E-state index in [0.29, 0.717) is 0 Å². The molecule has 0 radical (unpaired) electrons. The first-order chi connectivity index (χ1) is 9.79. The van der Waals surface area contributed by atoms with E-state index in [-0.39, 0.29) is 0 Å². The average Bonchev–Trinajstić information content (AvgIpc) is 2.89. The molecule has 0 spiro atoms. The van der Waals surface area contributed by atoms with E-state index in [0.717, 1.165) is 43.1 Å². The van der Waals surface area contributed by atoms with E-state index >= 15 is 0 Å². The first-order valence-corrected chi connectivity index (χ1v) is 8.29. The minimum Gasteiger partial charge on any atom is -0.338 e. The third kappa shape index (κ3) is 4.30. The molecule has 1 heterocycles. The van der Waals surface area contributed by atoms with Gasteiger partial charge in [0.2, 0.25) is 5.89 Å². The average molecular weight is 277 g/mol. The lowest BCUT2D eigenvalue weighted by molar-refractivity contribution is 0.257. The van der Waals surface area contributed by atoms with Crippen molar-refractivity contribution in [1.29, 1.82) is 0 Å². The maximum atomic E-state index is 5.34. The van der Waals surface area contributed by atoms with Crippen LogP contribution in [0.1, 0.15) is 63.1 Å². The van der Waals surface area contributed by atoms with Crippen LogP contribution in [-0.2, 0) is 13.0 Å². The Kier molecular flexibility index (Phi) is 4.71. The SMILES string of the molecule is CN(CCCC1CCCC1)Cc1nc(CC2CC2)no1. The number of hydrogen-bond acceptors (Lipinski definition) is 4. The quantitative estimate of drug-likeness (QED) is 0.730. The van der Waals surface area contributed by atoms with Gasteiger partial charge in [-0.2, -0.15) is 4.98 Å². The lowest BCUT2D eigenvalue weighted by Gasteiger charge is -2.15. The summed E-state index contributed by atoms with van der Waals surface area (Å²) in [4.78, 5) is 6.81. The fourth-order valence-corrected chi connectivity index (χ4v) is 3.28. The van der Waals surface area contributed by atoms with Crippen LogP contribution in [0.25, 0.3) is 0 Å². The highest BCUT2D eigenvalue weighted by Crippen LogP contribution is 2.31. The Morgan fingerprint density at radius 3 is 2.70 bits per heavy atom. The van der Waals surface area contributed by atoms with Gasteiger partial charge in [-0.15, -0.1) is 0 Å². The second kappa shape index (κ2) is 6.70. The monoisotopic (exact) mass is 277 g/mol. The molecule has 0 unspecified atom stereocenters. The Balaban J connectivity index is 1.34. The minimum absolute atomic E-state index is 0.781. The molecular formula is C16H27N3O. The highest BCUT2D eigenvalue weighted by molar-refractivity contribution is 4.91. The van der Waals surface area contributed by atoms with E-state index in [4.69, 9.17) is 4.52 Å². The van der Waals surface area contributed by atoms with Crippen LogP contribution in [-0.4, -0.2) is 28.6 Å². The van der Waals surface area contributed by atoms with E-state index < -0.39 is 0 Å². The van der Waals surface area contributed by atoms with Crippen LogP contribution in [0.15, 0.2) is 4.52 Å². The van der Waals surface area contributed by atoms with Gasteiger partial charge in [-0.25, -0.2) is 0 Å². The molecule has 112 valence electrons. The van der Waals surface area contributed by atoms with Crippen molar-refractivity contribution < 1.29 is 4.52 Å². The molecule has 4 heteroatoms. The maximum absolute atomic E-state index is 5.34. The first-order valence-electron chi connectivity index (χ1n) is 8.29.